The molecular formula is C40H40N2O5S. The minimum absolute atomic E-state index is 0.218. The Labute approximate surface area is 284 Å². The van der Waals surface area contributed by atoms with E-state index in [2.05, 4.69) is 57.2 Å². The molecule has 48 heavy (non-hydrogen) atoms. The van der Waals surface area contributed by atoms with Crippen LogP contribution in [-0.4, -0.2) is 24.3 Å². The van der Waals surface area contributed by atoms with Crippen LogP contribution in [-0.2, 0) is 16.1 Å². The monoisotopic (exact) mass is 660 g/mol. The van der Waals surface area contributed by atoms with Crippen molar-refractivity contribution in [3.63, 3.8) is 0 Å². The molecule has 0 aliphatic carbocycles. The molecule has 8 heteroatoms. The van der Waals surface area contributed by atoms with Crippen molar-refractivity contribution in [2.24, 2.45) is 4.99 Å². The highest BCUT2D eigenvalue weighted by molar-refractivity contribution is 7.07. The van der Waals surface area contributed by atoms with Crippen LogP contribution >= 0.6 is 11.3 Å². The zero-order valence-corrected chi connectivity index (χ0v) is 28.8. The van der Waals surface area contributed by atoms with E-state index in [1.165, 1.54) is 16.9 Å². The highest BCUT2D eigenvalue weighted by Gasteiger charge is 2.34. The molecule has 0 saturated carbocycles. The van der Waals surface area contributed by atoms with Crippen molar-refractivity contribution in [2.45, 2.75) is 59.1 Å². The summed E-state index contributed by atoms with van der Waals surface area (Å²) < 4.78 is 19.6. The van der Waals surface area contributed by atoms with Gasteiger partial charge in [0.05, 0.1) is 35.6 Å². The summed E-state index contributed by atoms with van der Waals surface area (Å²) in [6.07, 6.45) is 3.23. The van der Waals surface area contributed by atoms with Crippen molar-refractivity contribution in [1.29, 1.82) is 0 Å². The molecule has 0 fully saturated rings. The van der Waals surface area contributed by atoms with E-state index in [1.54, 1.807) is 18.6 Å². The average Bonchev–Trinajstić information content (AvgIpc) is 3.40. The maximum Gasteiger partial charge on any atom is 0.338 e. The van der Waals surface area contributed by atoms with Gasteiger partial charge in [0.15, 0.2) is 16.3 Å². The fourth-order valence-corrected chi connectivity index (χ4v) is 7.14. The summed E-state index contributed by atoms with van der Waals surface area (Å²) in [7, 11) is 1.61. The Morgan fingerprint density at radius 2 is 1.75 bits per heavy atom. The average molecular weight is 661 g/mol. The van der Waals surface area contributed by atoms with Crippen LogP contribution in [0.4, 0.5) is 0 Å². The van der Waals surface area contributed by atoms with Gasteiger partial charge in [0.1, 0.15) is 6.61 Å². The molecule has 0 spiro atoms. The van der Waals surface area contributed by atoms with E-state index < -0.39 is 12.0 Å². The van der Waals surface area contributed by atoms with Crippen molar-refractivity contribution in [1.82, 2.24) is 4.57 Å². The normalized spacial score (nSPS) is 14.6. The highest BCUT2D eigenvalue weighted by Crippen LogP contribution is 2.34. The molecule has 0 bridgehead atoms. The Bertz CT molecular complexity index is 2170. The molecule has 7 nitrogen and oxygen atoms in total. The van der Waals surface area contributed by atoms with Crippen LogP contribution in [0, 0.1) is 0 Å². The third-order valence-corrected chi connectivity index (χ3v) is 9.54. The molecule has 2 heterocycles. The summed E-state index contributed by atoms with van der Waals surface area (Å²) in [5.74, 6) is 1.08. The largest absolute Gasteiger partial charge is 0.493 e. The number of thiazole rings is 1. The van der Waals surface area contributed by atoms with E-state index >= 15 is 0 Å². The van der Waals surface area contributed by atoms with E-state index in [9.17, 15) is 9.59 Å². The van der Waals surface area contributed by atoms with Gasteiger partial charge in [-0.3, -0.25) is 9.36 Å². The lowest BCUT2D eigenvalue weighted by Gasteiger charge is -2.26. The minimum Gasteiger partial charge on any atom is -0.493 e. The molecule has 1 aliphatic heterocycles. The van der Waals surface area contributed by atoms with Crippen molar-refractivity contribution < 1.29 is 19.0 Å². The Kier molecular flexibility index (Phi) is 9.92. The van der Waals surface area contributed by atoms with Crippen LogP contribution in [0.5, 0.6) is 11.5 Å². The Morgan fingerprint density at radius 1 is 0.979 bits per heavy atom. The predicted molar refractivity (Wildman–Crippen MR) is 191 cm³/mol. The first-order valence-corrected chi connectivity index (χ1v) is 17.2. The number of hydrogen-bond donors (Lipinski definition) is 0. The van der Waals surface area contributed by atoms with Gasteiger partial charge < -0.3 is 14.2 Å². The number of aromatic nitrogens is 1. The quantitative estimate of drug-likeness (QED) is 0.138. The fourth-order valence-electron chi connectivity index (χ4n) is 6.12. The van der Waals surface area contributed by atoms with Gasteiger partial charge in [-0.05, 0) is 70.5 Å². The van der Waals surface area contributed by atoms with Gasteiger partial charge in [-0.15, -0.1) is 0 Å². The van der Waals surface area contributed by atoms with Crippen LogP contribution in [0.3, 0.4) is 0 Å². The second kappa shape index (κ2) is 14.4. The van der Waals surface area contributed by atoms with Gasteiger partial charge in [-0.2, -0.15) is 0 Å². The Hall–Kier alpha value is -4.95. The molecule has 0 unspecified atom stereocenters. The smallest absolute Gasteiger partial charge is 0.338 e. The number of allylic oxidation sites excluding steroid dienone is 1. The lowest BCUT2D eigenvalue weighted by Crippen LogP contribution is -2.40. The molecule has 0 saturated heterocycles. The van der Waals surface area contributed by atoms with E-state index in [4.69, 9.17) is 19.2 Å². The number of carbonyl (C=O) groups is 1. The zero-order chi connectivity index (χ0) is 33.8. The number of carbonyl (C=O) groups excluding carboxylic acids is 1. The van der Waals surface area contributed by atoms with Crippen molar-refractivity contribution in [3.05, 3.63) is 138 Å². The first kappa shape index (κ1) is 33.0. The van der Waals surface area contributed by atoms with Gasteiger partial charge in [0, 0.05) is 0 Å². The molecule has 6 rings (SSSR count). The third kappa shape index (κ3) is 6.58. The molecule has 0 amide bonds. The molecule has 1 aliphatic rings. The third-order valence-electron chi connectivity index (χ3n) is 8.56. The predicted octanol–water partition coefficient (Wildman–Crippen LogP) is 7.44. The first-order chi connectivity index (χ1) is 23.3. The summed E-state index contributed by atoms with van der Waals surface area (Å²) in [5, 5.41) is 2.31. The topological polar surface area (TPSA) is 79.1 Å². The number of ether oxygens (including phenoxy) is 3. The fraction of sp³-hybridized carbons (Fsp3) is 0.275. The van der Waals surface area contributed by atoms with Gasteiger partial charge in [-0.1, -0.05) is 111 Å². The molecule has 4 aromatic carbocycles. The van der Waals surface area contributed by atoms with Crippen LogP contribution in [0.1, 0.15) is 74.8 Å². The number of hydrogen-bond acceptors (Lipinski definition) is 7. The highest BCUT2D eigenvalue weighted by atomic mass is 32.1. The molecule has 1 atom stereocenters. The molecule has 246 valence electrons. The second-order valence-corrected chi connectivity index (χ2v) is 13.1. The van der Waals surface area contributed by atoms with Gasteiger partial charge in [-0.25, -0.2) is 9.79 Å². The first-order valence-electron chi connectivity index (χ1n) is 16.4. The van der Waals surface area contributed by atoms with E-state index in [0.29, 0.717) is 51.0 Å². The number of rotatable bonds is 11. The maximum absolute atomic E-state index is 14.2. The second-order valence-electron chi connectivity index (χ2n) is 12.1. The van der Waals surface area contributed by atoms with E-state index in [1.807, 2.05) is 54.6 Å². The van der Waals surface area contributed by atoms with E-state index in [0.717, 1.165) is 33.9 Å². The zero-order valence-electron chi connectivity index (χ0n) is 28.0. The molecular weight excluding hydrogens is 621 g/mol. The van der Waals surface area contributed by atoms with Gasteiger partial charge >= 0.3 is 5.97 Å². The van der Waals surface area contributed by atoms with Crippen molar-refractivity contribution in [2.75, 3.05) is 13.7 Å². The lowest BCUT2D eigenvalue weighted by molar-refractivity contribution is -0.139. The molecule has 1 aromatic heterocycles. The number of fused-ring (bicyclic) bond motifs is 2. The Morgan fingerprint density at radius 3 is 2.48 bits per heavy atom. The summed E-state index contributed by atoms with van der Waals surface area (Å²) in [4.78, 5) is 33.1. The van der Waals surface area contributed by atoms with Crippen molar-refractivity contribution in [3.8, 4) is 11.5 Å². The van der Waals surface area contributed by atoms with Gasteiger partial charge in [0.2, 0.25) is 0 Å². The summed E-state index contributed by atoms with van der Waals surface area (Å²) in [6.45, 7) is 8.73. The Balaban J connectivity index is 1.39. The van der Waals surface area contributed by atoms with Crippen molar-refractivity contribution >= 4 is 34.2 Å². The van der Waals surface area contributed by atoms with E-state index in [-0.39, 0.29) is 12.2 Å². The SMILES string of the molecule is CCCC1=C(C(=O)OCC)[C@H](c2ccc(C(C)C)cc2)n2c(s/c(=C\c3ccc(OCc4cccc5ccccc45)c(OC)c3)c2=O)=N1. The molecule has 0 radical (unpaired) electrons. The minimum atomic E-state index is -0.649. The maximum atomic E-state index is 14.2. The van der Waals surface area contributed by atoms with Crippen LogP contribution in [0.2, 0.25) is 0 Å². The van der Waals surface area contributed by atoms with Crippen LogP contribution in [0.15, 0.2) is 106 Å². The summed E-state index contributed by atoms with van der Waals surface area (Å²) in [5.41, 5.74) is 4.75. The number of esters is 1. The number of nitrogens with zero attached hydrogens (tertiary/aromatic N) is 2. The lowest BCUT2D eigenvalue weighted by atomic mass is 9.92. The molecule has 0 N–H and O–H groups in total. The summed E-state index contributed by atoms with van der Waals surface area (Å²) >= 11 is 1.32. The van der Waals surface area contributed by atoms with Gasteiger partial charge in [0.25, 0.3) is 5.56 Å². The molecule has 5 aromatic rings. The number of methoxy groups -OCH3 is 1. The van der Waals surface area contributed by atoms with Crippen LogP contribution < -0.4 is 24.4 Å². The standard InChI is InChI=1S/C40H40N2O5S/c1-6-11-32-36(39(44)46-7-2)37(29-19-17-27(18-20-29)25(3)4)42-38(43)35(48-40(42)41-32)23-26-16-21-33(34(22-26)45-5)47-24-30-14-10-13-28-12-8-9-15-31(28)30/h8-10,12-23,25,37H,6-7,11,24H2,1-5H3/b35-23-/t37-/m0/s1. The number of benzene rings is 4. The van der Waals surface area contributed by atoms with Crippen LogP contribution in [0.25, 0.3) is 16.8 Å². The summed E-state index contributed by atoms with van der Waals surface area (Å²) in [6, 6.07) is 27.6.